The Balaban J connectivity index is 1.77. The summed E-state index contributed by atoms with van der Waals surface area (Å²) in [5.41, 5.74) is 6.42. The molecule has 0 spiro atoms. The molecule has 3 rings (SSSR count). The second-order valence-corrected chi connectivity index (χ2v) is 6.32. The van der Waals surface area contributed by atoms with Crippen molar-refractivity contribution < 1.29 is 14.0 Å². The zero-order chi connectivity index (χ0) is 15.7. The van der Waals surface area contributed by atoms with Gasteiger partial charge in [-0.15, -0.1) is 11.3 Å². The van der Waals surface area contributed by atoms with Crippen LogP contribution in [-0.2, 0) is 0 Å². The van der Waals surface area contributed by atoms with Crippen molar-refractivity contribution in [1.29, 1.82) is 0 Å². The quantitative estimate of drug-likeness (QED) is 0.890. The third kappa shape index (κ3) is 3.17. The van der Waals surface area contributed by atoms with E-state index in [0.29, 0.717) is 16.4 Å². The maximum absolute atomic E-state index is 13.0. The van der Waals surface area contributed by atoms with E-state index in [4.69, 9.17) is 5.73 Å². The molecule has 2 amide bonds. The number of halogens is 1. The van der Waals surface area contributed by atoms with Crippen LogP contribution >= 0.6 is 11.3 Å². The first-order chi connectivity index (χ1) is 10.5. The van der Waals surface area contributed by atoms with E-state index in [1.54, 1.807) is 17.5 Å². The average molecular weight is 318 g/mol. The Kier molecular flexibility index (Phi) is 3.94. The molecule has 1 aliphatic carbocycles. The van der Waals surface area contributed by atoms with Gasteiger partial charge < -0.3 is 11.1 Å². The number of nitrogens with two attached hydrogens (primary N) is 1. The Bertz CT molecular complexity index is 707. The van der Waals surface area contributed by atoms with Gasteiger partial charge in [-0.05, 0) is 42.5 Å². The van der Waals surface area contributed by atoms with Crippen LogP contribution in [-0.4, -0.2) is 11.8 Å². The van der Waals surface area contributed by atoms with E-state index in [2.05, 4.69) is 5.32 Å². The minimum absolute atomic E-state index is 0.132. The lowest BCUT2D eigenvalue weighted by Crippen LogP contribution is -2.29. The van der Waals surface area contributed by atoms with Gasteiger partial charge in [0.15, 0.2) is 0 Å². The molecule has 1 aromatic carbocycles. The number of benzene rings is 1. The average Bonchev–Trinajstić information content (AvgIpc) is 3.20. The second kappa shape index (κ2) is 5.88. The van der Waals surface area contributed by atoms with Crippen LogP contribution in [0.2, 0.25) is 0 Å². The highest BCUT2D eigenvalue weighted by Gasteiger charge is 2.33. The monoisotopic (exact) mass is 318 g/mol. The van der Waals surface area contributed by atoms with Gasteiger partial charge >= 0.3 is 0 Å². The number of carbonyl (C=O) groups excluding carboxylic acids is 2. The fourth-order valence-electron chi connectivity index (χ4n) is 2.37. The fraction of sp³-hybridized carbons (Fsp3) is 0.250. The normalized spacial score (nSPS) is 15.3. The third-order valence-electron chi connectivity index (χ3n) is 3.72. The van der Waals surface area contributed by atoms with Crippen LogP contribution in [0.4, 0.5) is 4.39 Å². The summed E-state index contributed by atoms with van der Waals surface area (Å²) in [6.45, 7) is 0. The number of primary amides is 1. The first-order valence-corrected chi connectivity index (χ1v) is 7.87. The fourth-order valence-corrected chi connectivity index (χ4v) is 3.17. The molecule has 1 aromatic heterocycles. The molecule has 114 valence electrons. The zero-order valence-electron chi connectivity index (χ0n) is 11.7. The number of amides is 2. The lowest BCUT2D eigenvalue weighted by molar-refractivity contribution is 0.0935. The van der Waals surface area contributed by atoms with E-state index < -0.39 is 5.91 Å². The molecule has 0 bridgehead atoms. The van der Waals surface area contributed by atoms with Gasteiger partial charge in [0.05, 0.1) is 16.5 Å². The van der Waals surface area contributed by atoms with Gasteiger partial charge in [0, 0.05) is 5.38 Å². The molecule has 1 unspecified atom stereocenters. The topological polar surface area (TPSA) is 72.2 Å². The second-order valence-electron chi connectivity index (χ2n) is 5.40. The highest BCUT2D eigenvalue weighted by molar-refractivity contribution is 7.12. The Morgan fingerprint density at radius 2 is 1.95 bits per heavy atom. The van der Waals surface area contributed by atoms with Crippen molar-refractivity contribution >= 4 is 23.2 Å². The minimum Gasteiger partial charge on any atom is -0.366 e. The molecule has 2 aromatic rings. The highest BCUT2D eigenvalue weighted by Crippen LogP contribution is 2.41. The smallest absolute Gasteiger partial charge is 0.261 e. The molecule has 22 heavy (non-hydrogen) atoms. The number of thiophene rings is 1. The van der Waals surface area contributed by atoms with E-state index in [-0.39, 0.29) is 17.8 Å². The van der Waals surface area contributed by atoms with Crippen molar-refractivity contribution in [3.05, 3.63) is 57.5 Å². The predicted octanol–water partition coefficient (Wildman–Crippen LogP) is 2.87. The number of carbonyl (C=O) groups is 2. The van der Waals surface area contributed by atoms with Crippen molar-refractivity contribution in [3.63, 3.8) is 0 Å². The Morgan fingerprint density at radius 1 is 1.27 bits per heavy atom. The van der Waals surface area contributed by atoms with Gasteiger partial charge in [0.25, 0.3) is 5.91 Å². The SMILES string of the molecule is NC(=O)c1csc(C(=O)NC(c2ccc(F)cc2)C2CC2)c1. The predicted molar refractivity (Wildman–Crippen MR) is 82.2 cm³/mol. The van der Waals surface area contributed by atoms with E-state index in [1.165, 1.54) is 29.5 Å². The standard InChI is InChI=1S/C16H15FN2O2S/c17-12-5-3-10(4-6-12)14(9-1-2-9)19-16(21)13-7-11(8-22-13)15(18)20/h3-9,14H,1-2H2,(H2,18,20)(H,19,21). The summed E-state index contributed by atoms with van der Waals surface area (Å²) in [6.07, 6.45) is 2.08. The van der Waals surface area contributed by atoms with Crippen LogP contribution in [0.25, 0.3) is 0 Å². The van der Waals surface area contributed by atoms with Crippen LogP contribution < -0.4 is 11.1 Å². The van der Waals surface area contributed by atoms with Gasteiger partial charge in [0.2, 0.25) is 5.91 Å². The summed E-state index contributed by atoms with van der Waals surface area (Å²) >= 11 is 1.18. The minimum atomic E-state index is -0.549. The highest BCUT2D eigenvalue weighted by atomic mass is 32.1. The van der Waals surface area contributed by atoms with Gasteiger partial charge in [0.1, 0.15) is 5.82 Å². The Labute approximate surface area is 131 Å². The summed E-state index contributed by atoms with van der Waals surface area (Å²) in [7, 11) is 0. The number of hydrogen-bond donors (Lipinski definition) is 2. The molecule has 0 saturated heterocycles. The van der Waals surface area contributed by atoms with Crippen molar-refractivity contribution in [2.24, 2.45) is 11.7 Å². The van der Waals surface area contributed by atoms with Gasteiger partial charge in [-0.2, -0.15) is 0 Å². The van der Waals surface area contributed by atoms with Crippen LogP contribution in [0.1, 0.15) is 44.5 Å². The first-order valence-electron chi connectivity index (χ1n) is 6.99. The summed E-state index contributed by atoms with van der Waals surface area (Å²) in [5, 5.41) is 4.55. The summed E-state index contributed by atoms with van der Waals surface area (Å²) in [6, 6.07) is 7.55. The van der Waals surface area contributed by atoms with Crippen molar-refractivity contribution in [3.8, 4) is 0 Å². The van der Waals surface area contributed by atoms with Crippen LogP contribution in [0.5, 0.6) is 0 Å². The molecular formula is C16H15FN2O2S. The van der Waals surface area contributed by atoms with Crippen molar-refractivity contribution in [2.75, 3.05) is 0 Å². The van der Waals surface area contributed by atoms with Gasteiger partial charge in [-0.3, -0.25) is 9.59 Å². The molecule has 1 atom stereocenters. The molecule has 1 saturated carbocycles. The molecule has 6 heteroatoms. The lowest BCUT2D eigenvalue weighted by Gasteiger charge is -2.18. The number of rotatable bonds is 5. The van der Waals surface area contributed by atoms with Crippen molar-refractivity contribution in [2.45, 2.75) is 18.9 Å². The summed E-state index contributed by atoms with van der Waals surface area (Å²) < 4.78 is 13.0. The largest absolute Gasteiger partial charge is 0.366 e. The van der Waals surface area contributed by atoms with E-state index in [0.717, 1.165) is 18.4 Å². The maximum Gasteiger partial charge on any atom is 0.261 e. The van der Waals surface area contributed by atoms with Crippen LogP contribution in [0.3, 0.4) is 0 Å². The van der Waals surface area contributed by atoms with Crippen LogP contribution in [0, 0.1) is 11.7 Å². The molecule has 1 heterocycles. The lowest BCUT2D eigenvalue weighted by atomic mass is 10.0. The molecule has 0 radical (unpaired) electrons. The van der Waals surface area contributed by atoms with Crippen LogP contribution in [0.15, 0.2) is 35.7 Å². The van der Waals surface area contributed by atoms with Crippen molar-refractivity contribution in [1.82, 2.24) is 5.32 Å². The van der Waals surface area contributed by atoms with E-state index in [9.17, 15) is 14.0 Å². The summed E-state index contributed by atoms with van der Waals surface area (Å²) in [4.78, 5) is 23.9. The maximum atomic E-state index is 13.0. The Morgan fingerprint density at radius 3 is 2.50 bits per heavy atom. The molecule has 1 aliphatic rings. The molecule has 4 nitrogen and oxygen atoms in total. The Hall–Kier alpha value is -2.21. The molecular weight excluding hydrogens is 303 g/mol. The zero-order valence-corrected chi connectivity index (χ0v) is 12.5. The molecule has 3 N–H and O–H groups in total. The molecule has 1 fully saturated rings. The number of hydrogen-bond acceptors (Lipinski definition) is 3. The molecule has 0 aliphatic heterocycles. The third-order valence-corrected chi connectivity index (χ3v) is 4.65. The van der Waals surface area contributed by atoms with E-state index >= 15 is 0 Å². The summed E-state index contributed by atoms with van der Waals surface area (Å²) in [5.74, 6) is -0.703. The number of nitrogens with one attached hydrogen (secondary N) is 1. The van der Waals surface area contributed by atoms with Gasteiger partial charge in [-0.1, -0.05) is 12.1 Å². The first kappa shape index (κ1) is 14.7. The van der Waals surface area contributed by atoms with Gasteiger partial charge in [-0.25, -0.2) is 4.39 Å². The van der Waals surface area contributed by atoms with E-state index in [1.807, 2.05) is 0 Å².